The molecule has 0 saturated carbocycles. The standard InChI is InChI=1S/C19H29BFNO5Si/c1-18(2)19(3,4)27-20(26-18)13-8-9-14(21)15-16(13)25-17(23)22(15)12-24-10-11-28(5,6)7/h8-9H,10-12H2,1-7H3. The molecule has 1 saturated heterocycles. The summed E-state index contributed by atoms with van der Waals surface area (Å²) in [6.07, 6.45) is 0. The minimum absolute atomic E-state index is 0.0555. The van der Waals surface area contributed by atoms with E-state index in [1.807, 2.05) is 27.7 Å². The Balaban J connectivity index is 1.92. The van der Waals surface area contributed by atoms with Crippen molar-refractivity contribution in [3.05, 3.63) is 28.5 Å². The van der Waals surface area contributed by atoms with E-state index in [0.717, 1.165) is 6.04 Å². The fraction of sp³-hybridized carbons (Fsp3) is 0.632. The van der Waals surface area contributed by atoms with E-state index in [0.29, 0.717) is 12.1 Å². The van der Waals surface area contributed by atoms with Crippen molar-refractivity contribution in [1.82, 2.24) is 4.57 Å². The second-order valence-corrected chi connectivity index (χ2v) is 15.2. The first-order chi connectivity index (χ1) is 12.8. The molecule has 1 aromatic carbocycles. The molecule has 28 heavy (non-hydrogen) atoms. The molecule has 154 valence electrons. The number of ether oxygens (including phenoxy) is 1. The molecule has 0 N–H and O–H groups in total. The average molecular weight is 409 g/mol. The topological polar surface area (TPSA) is 62.8 Å². The molecule has 3 rings (SSSR count). The second-order valence-electron chi connectivity index (χ2n) is 9.55. The highest BCUT2D eigenvalue weighted by Gasteiger charge is 2.52. The van der Waals surface area contributed by atoms with Crippen molar-refractivity contribution in [2.45, 2.75) is 71.3 Å². The Morgan fingerprint density at radius 1 is 1.14 bits per heavy atom. The maximum atomic E-state index is 14.6. The van der Waals surface area contributed by atoms with Gasteiger partial charge in [0.15, 0.2) is 11.4 Å². The molecular formula is C19H29BFNO5Si. The number of hydrogen-bond donors (Lipinski definition) is 0. The minimum Gasteiger partial charge on any atom is -0.408 e. The van der Waals surface area contributed by atoms with Crippen LogP contribution < -0.4 is 11.2 Å². The summed E-state index contributed by atoms with van der Waals surface area (Å²) in [7, 11) is -2.00. The van der Waals surface area contributed by atoms with Gasteiger partial charge >= 0.3 is 12.9 Å². The van der Waals surface area contributed by atoms with Gasteiger partial charge in [-0.05, 0) is 39.8 Å². The lowest BCUT2D eigenvalue weighted by Gasteiger charge is -2.32. The lowest BCUT2D eigenvalue weighted by atomic mass is 9.78. The van der Waals surface area contributed by atoms with Crippen molar-refractivity contribution in [3.8, 4) is 0 Å². The predicted molar refractivity (Wildman–Crippen MR) is 110 cm³/mol. The van der Waals surface area contributed by atoms with Crippen LogP contribution in [0.3, 0.4) is 0 Å². The Kier molecular flexibility index (Phi) is 5.42. The van der Waals surface area contributed by atoms with E-state index in [4.69, 9.17) is 18.5 Å². The van der Waals surface area contributed by atoms with Crippen LogP contribution >= 0.6 is 0 Å². The van der Waals surface area contributed by atoms with Crippen molar-refractivity contribution in [1.29, 1.82) is 0 Å². The zero-order valence-electron chi connectivity index (χ0n) is 17.7. The van der Waals surface area contributed by atoms with E-state index >= 15 is 0 Å². The van der Waals surface area contributed by atoms with E-state index in [9.17, 15) is 9.18 Å². The number of oxazole rings is 1. The summed E-state index contributed by atoms with van der Waals surface area (Å²) >= 11 is 0. The quantitative estimate of drug-likeness (QED) is 0.541. The fourth-order valence-electron chi connectivity index (χ4n) is 2.96. The molecule has 2 heterocycles. The maximum Gasteiger partial charge on any atom is 0.498 e. The third-order valence-corrected chi connectivity index (χ3v) is 7.22. The van der Waals surface area contributed by atoms with Crippen LogP contribution in [0.4, 0.5) is 4.39 Å². The van der Waals surface area contributed by atoms with Crippen molar-refractivity contribution in [2.75, 3.05) is 6.61 Å². The molecule has 1 fully saturated rings. The van der Waals surface area contributed by atoms with Crippen LogP contribution in [0.25, 0.3) is 11.1 Å². The van der Waals surface area contributed by atoms with Crippen LogP contribution in [-0.2, 0) is 20.8 Å². The molecule has 0 amide bonds. The van der Waals surface area contributed by atoms with Crippen LogP contribution in [0, 0.1) is 5.82 Å². The lowest BCUT2D eigenvalue weighted by Crippen LogP contribution is -2.41. The molecule has 0 radical (unpaired) electrons. The number of halogens is 1. The molecule has 9 heteroatoms. The Morgan fingerprint density at radius 2 is 1.75 bits per heavy atom. The summed E-state index contributed by atoms with van der Waals surface area (Å²) in [6.45, 7) is 14.9. The van der Waals surface area contributed by atoms with E-state index in [2.05, 4.69) is 19.6 Å². The number of nitrogens with zero attached hydrogens (tertiary/aromatic N) is 1. The Bertz CT molecular complexity index is 915. The molecular weight excluding hydrogens is 380 g/mol. The molecule has 0 unspecified atom stereocenters. The smallest absolute Gasteiger partial charge is 0.408 e. The van der Waals surface area contributed by atoms with Gasteiger partial charge in [-0.15, -0.1) is 0 Å². The first-order valence-corrected chi connectivity index (χ1v) is 13.3. The number of aromatic nitrogens is 1. The highest BCUT2D eigenvalue weighted by Crippen LogP contribution is 2.37. The van der Waals surface area contributed by atoms with E-state index in [-0.39, 0.29) is 17.8 Å². The Hall–Kier alpha value is -1.42. The summed E-state index contributed by atoms with van der Waals surface area (Å²) < 4.78 is 38.9. The normalized spacial score (nSPS) is 18.9. The van der Waals surface area contributed by atoms with E-state index in [1.54, 1.807) is 6.07 Å². The number of fused-ring (bicyclic) bond motifs is 1. The van der Waals surface area contributed by atoms with E-state index < -0.39 is 38.0 Å². The molecule has 0 aliphatic carbocycles. The second kappa shape index (κ2) is 7.12. The molecule has 1 aliphatic rings. The van der Waals surface area contributed by atoms with Crippen molar-refractivity contribution >= 4 is 31.8 Å². The van der Waals surface area contributed by atoms with Gasteiger partial charge in [-0.2, -0.15) is 0 Å². The van der Waals surface area contributed by atoms with Gasteiger partial charge in [-0.1, -0.05) is 25.7 Å². The van der Waals surface area contributed by atoms with Gasteiger partial charge in [-0.25, -0.2) is 13.8 Å². The summed E-state index contributed by atoms with van der Waals surface area (Å²) in [5.74, 6) is -1.21. The van der Waals surface area contributed by atoms with Crippen molar-refractivity contribution in [2.24, 2.45) is 0 Å². The van der Waals surface area contributed by atoms with Gasteiger partial charge in [0.05, 0.1) is 11.2 Å². The van der Waals surface area contributed by atoms with Crippen molar-refractivity contribution < 1.29 is 22.9 Å². The first-order valence-electron chi connectivity index (χ1n) is 9.57. The lowest BCUT2D eigenvalue weighted by molar-refractivity contribution is 0.00578. The molecule has 6 nitrogen and oxygen atoms in total. The molecule has 0 atom stereocenters. The van der Waals surface area contributed by atoms with Gasteiger partial charge in [0.25, 0.3) is 0 Å². The number of benzene rings is 1. The van der Waals surface area contributed by atoms with Crippen LogP contribution in [-0.4, -0.2) is 37.6 Å². The number of rotatable bonds is 6. The minimum atomic E-state index is -1.25. The SMILES string of the molecule is CC1(C)OB(c2ccc(F)c3c2oc(=O)n3COCC[Si](C)(C)C)OC1(C)C. The van der Waals surface area contributed by atoms with E-state index in [1.165, 1.54) is 10.6 Å². The average Bonchev–Trinajstić information content (AvgIpc) is 2.97. The highest BCUT2D eigenvalue weighted by molar-refractivity contribution is 6.76. The third kappa shape index (κ3) is 3.98. The van der Waals surface area contributed by atoms with Crippen LogP contribution in [0.1, 0.15) is 27.7 Å². The molecule has 1 aliphatic heterocycles. The zero-order valence-corrected chi connectivity index (χ0v) is 18.7. The zero-order chi connectivity index (χ0) is 20.9. The predicted octanol–water partition coefficient (Wildman–Crippen LogP) is 3.35. The van der Waals surface area contributed by atoms with Crippen molar-refractivity contribution in [3.63, 3.8) is 0 Å². The third-order valence-electron chi connectivity index (χ3n) is 5.52. The van der Waals surface area contributed by atoms with Gasteiger partial charge < -0.3 is 18.5 Å². The summed E-state index contributed by atoms with van der Waals surface area (Å²) in [4.78, 5) is 12.4. The van der Waals surface area contributed by atoms with Gasteiger partial charge in [-0.3, -0.25) is 0 Å². The largest absolute Gasteiger partial charge is 0.498 e. The monoisotopic (exact) mass is 409 g/mol. The first kappa shape index (κ1) is 21.3. The number of hydrogen-bond acceptors (Lipinski definition) is 5. The molecule has 0 spiro atoms. The Morgan fingerprint density at radius 3 is 2.32 bits per heavy atom. The highest BCUT2D eigenvalue weighted by atomic mass is 28.3. The van der Waals surface area contributed by atoms with Gasteiger partial charge in [0.1, 0.15) is 12.2 Å². The van der Waals surface area contributed by atoms with Crippen LogP contribution in [0.5, 0.6) is 0 Å². The van der Waals surface area contributed by atoms with Gasteiger partial charge in [0.2, 0.25) is 0 Å². The van der Waals surface area contributed by atoms with Crippen LogP contribution in [0.2, 0.25) is 25.7 Å². The summed E-state index contributed by atoms with van der Waals surface area (Å²) in [5.41, 5.74) is -0.405. The summed E-state index contributed by atoms with van der Waals surface area (Å²) in [6, 6.07) is 3.80. The molecule has 2 aromatic rings. The molecule has 0 bridgehead atoms. The maximum absolute atomic E-state index is 14.6. The Labute approximate surface area is 166 Å². The van der Waals surface area contributed by atoms with Gasteiger partial charge in [0, 0.05) is 20.1 Å². The van der Waals surface area contributed by atoms with Crippen LogP contribution in [0.15, 0.2) is 21.3 Å². The molecule has 1 aromatic heterocycles. The fourth-order valence-corrected chi connectivity index (χ4v) is 3.72. The summed E-state index contributed by atoms with van der Waals surface area (Å²) in [5, 5.41) is 0.